The van der Waals surface area contributed by atoms with Gasteiger partial charge in [-0.25, -0.2) is 0 Å². The van der Waals surface area contributed by atoms with Gasteiger partial charge in [-0.2, -0.15) is 0 Å². The van der Waals surface area contributed by atoms with Crippen molar-refractivity contribution < 1.29 is 9.53 Å². The van der Waals surface area contributed by atoms with Crippen molar-refractivity contribution in [3.63, 3.8) is 0 Å². The van der Waals surface area contributed by atoms with Crippen molar-refractivity contribution in [1.82, 2.24) is 9.47 Å². The average Bonchev–Trinajstić information content (AvgIpc) is 2.86. The monoisotopic (exact) mass is 314 g/mol. The number of ether oxygens (including phenoxy) is 1. The summed E-state index contributed by atoms with van der Waals surface area (Å²) in [4.78, 5) is 14.0. The third-order valence-corrected chi connectivity index (χ3v) is 11.7. The molecule has 21 heavy (non-hydrogen) atoms. The van der Waals surface area contributed by atoms with E-state index < -0.39 is 8.24 Å². The molecule has 0 spiro atoms. The van der Waals surface area contributed by atoms with Crippen molar-refractivity contribution in [3.8, 4) is 0 Å². The van der Waals surface area contributed by atoms with Crippen LogP contribution in [0.4, 0.5) is 0 Å². The van der Waals surface area contributed by atoms with Crippen LogP contribution in [0.25, 0.3) is 0 Å². The van der Waals surface area contributed by atoms with Gasteiger partial charge in [0.2, 0.25) is 0 Å². The molecule has 0 aromatic heterocycles. The highest BCUT2D eigenvalue weighted by Gasteiger charge is 2.47. The van der Waals surface area contributed by atoms with Crippen LogP contribution in [0.2, 0.25) is 18.1 Å². The summed E-state index contributed by atoms with van der Waals surface area (Å²) in [7, 11) is -0.0453. The van der Waals surface area contributed by atoms with Crippen molar-refractivity contribution in [3.05, 3.63) is 0 Å². The number of carbonyl (C=O) groups is 1. The van der Waals surface area contributed by atoms with Gasteiger partial charge in [-0.3, -0.25) is 9.69 Å². The Morgan fingerprint density at radius 2 is 1.81 bits per heavy atom. The smallest absolute Gasteiger partial charge is 0.309 e. The topological polar surface area (TPSA) is 32.8 Å². The molecular weight excluding hydrogens is 280 g/mol. The first-order valence-corrected chi connectivity index (χ1v) is 11.0. The molecule has 1 heterocycles. The molecule has 0 N–H and O–H groups in total. The lowest BCUT2D eigenvalue weighted by atomic mass is 9.99. The van der Waals surface area contributed by atoms with E-state index in [2.05, 4.69) is 50.3 Å². The molecule has 1 unspecified atom stereocenters. The highest BCUT2D eigenvalue weighted by molar-refractivity contribution is 6.77. The van der Waals surface area contributed by atoms with E-state index in [0.29, 0.717) is 11.0 Å². The van der Waals surface area contributed by atoms with Gasteiger partial charge in [0.25, 0.3) is 0 Å². The first-order chi connectivity index (χ1) is 9.53. The summed E-state index contributed by atoms with van der Waals surface area (Å²) in [6.45, 7) is 20.4. The predicted octanol–water partition coefficient (Wildman–Crippen LogP) is 3.01. The molecule has 0 aliphatic carbocycles. The molecule has 4 nitrogen and oxygen atoms in total. The molecule has 1 saturated heterocycles. The summed E-state index contributed by atoms with van der Waals surface area (Å²) in [5, 5.41) is 0.372. The van der Waals surface area contributed by atoms with Gasteiger partial charge in [-0.15, -0.1) is 0 Å². The molecule has 124 valence electrons. The van der Waals surface area contributed by atoms with Gasteiger partial charge < -0.3 is 9.30 Å². The quantitative estimate of drug-likeness (QED) is 0.557. The zero-order chi connectivity index (χ0) is 16.4. The van der Waals surface area contributed by atoms with Crippen LogP contribution in [0.3, 0.4) is 0 Å². The molecule has 0 aromatic rings. The Labute approximate surface area is 131 Å². The van der Waals surface area contributed by atoms with Crippen LogP contribution in [0.5, 0.6) is 0 Å². The number of hydrogen-bond acceptors (Lipinski definition) is 4. The van der Waals surface area contributed by atoms with E-state index >= 15 is 0 Å². The maximum absolute atomic E-state index is 11.6. The van der Waals surface area contributed by atoms with E-state index in [1.165, 1.54) is 7.11 Å². The second-order valence-corrected chi connectivity index (χ2v) is 12.9. The van der Waals surface area contributed by atoms with E-state index in [0.717, 1.165) is 26.3 Å². The van der Waals surface area contributed by atoms with Gasteiger partial charge in [0, 0.05) is 26.3 Å². The number of carbonyl (C=O) groups excluding carboxylic acids is 1. The maximum Gasteiger partial charge on any atom is 0.309 e. The largest absolute Gasteiger partial charge is 0.469 e. The van der Waals surface area contributed by atoms with Gasteiger partial charge in [0.15, 0.2) is 0 Å². The summed E-state index contributed by atoms with van der Waals surface area (Å²) >= 11 is 0. The van der Waals surface area contributed by atoms with Crippen molar-refractivity contribution in [2.75, 3.05) is 33.4 Å². The highest BCUT2D eigenvalue weighted by atomic mass is 28.3. The van der Waals surface area contributed by atoms with E-state index in [4.69, 9.17) is 4.74 Å². The molecule has 1 rings (SSSR count). The number of methoxy groups -OCH3 is 1. The third kappa shape index (κ3) is 3.87. The SMILES string of the molecule is COC(=O)C(C)CN1CCN([Si](C)(C)C(C)(C)C(C)C)C1. The van der Waals surface area contributed by atoms with Gasteiger partial charge in [0.05, 0.1) is 13.0 Å². The Morgan fingerprint density at radius 3 is 2.29 bits per heavy atom. The van der Waals surface area contributed by atoms with Gasteiger partial charge in [-0.1, -0.05) is 47.7 Å². The lowest BCUT2D eigenvalue weighted by Gasteiger charge is -2.48. The van der Waals surface area contributed by atoms with Crippen LogP contribution < -0.4 is 0 Å². The fourth-order valence-electron chi connectivity index (χ4n) is 3.03. The number of nitrogens with zero attached hydrogens (tertiary/aromatic N) is 2. The van der Waals surface area contributed by atoms with Crippen LogP contribution in [0.1, 0.15) is 34.6 Å². The molecule has 0 saturated carbocycles. The second-order valence-electron chi connectivity index (χ2n) is 7.84. The molecule has 1 fully saturated rings. The molecule has 0 amide bonds. The maximum atomic E-state index is 11.6. The van der Waals surface area contributed by atoms with Gasteiger partial charge in [-0.05, 0) is 11.0 Å². The van der Waals surface area contributed by atoms with Crippen LogP contribution in [0, 0.1) is 11.8 Å². The zero-order valence-corrected chi connectivity index (χ0v) is 16.2. The predicted molar refractivity (Wildman–Crippen MR) is 90.7 cm³/mol. The Morgan fingerprint density at radius 1 is 1.24 bits per heavy atom. The van der Waals surface area contributed by atoms with Crippen LogP contribution in [-0.4, -0.2) is 57.1 Å². The zero-order valence-electron chi connectivity index (χ0n) is 15.2. The molecule has 1 atom stereocenters. The average molecular weight is 315 g/mol. The highest BCUT2D eigenvalue weighted by Crippen LogP contribution is 2.46. The molecule has 1 aliphatic rings. The van der Waals surface area contributed by atoms with Crippen LogP contribution in [0.15, 0.2) is 0 Å². The Balaban J connectivity index is 2.67. The lowest BCUT2D eigenvalue weighted by molar-refractivity contribution is -0.145. The first-order valence-electron chi connectivity index (χ1n) is 8.09. The molecule has 0 bridgehead atoms. The number of hydrogen-bond donors (Lipinski definition) is 0. The van der Waals surface area contributed by atoms with Crippen LogP contribution >= 0.6 is 0 Å². The first kappa shape index (κ1) is 18.7. The second kappa shape index (κ2) is 6.80. The van der Waals surface area contributed by atoms with E-state index in [-0.39, 0.29) is 11.9 Å². The Kier molecular flexibility index (Phi) is 6.04. The van der Waals surface area contributed by atoms with Gasteiger partial charge >= 0.3 is 5.97 Å². The summed E-state index contributed by atoms with van der Waals surface area (Å²) in [6, 6.07) is 0. The van der Waals surface area contributed by atoms with Crippen molar-refractivity contribution in [1.29, 1.82) is 0 Å². The minimum Gasteiger partial charge on any atom is -0.469 e. The summed E-state index contributed by atoms with van der Waals surface area (Å²) in [5.41, 5.74) is 0. The van der Waals surface area contributed by atoms with Crippen molar-refractivity contribution in [2.45, 2.75) is 52.8 Å². The minimum absolute atomic E-state index is 0.0437. The molecule has 5 heteroatoms. The standard InChI is InChI=1S/C16H34N2O2Si/c1-13(2)16(4,5)21(7,8)18-10-9-17(12-18)11-14(3)15(19)20-6/h13-14H,9-12H2,1-8H3. The van der Waals surface area contributed by atoms with E-state index in [1.54, 1.807) is 0 Å². The Hall–Kier alpha value is -0.393. The fourth-order valence-corrected chi connectivity index (χ4v) is 6.47. The number of rotatable bonds is 6. The fraction of sp³-hybridized carbons (Fsp3) is 0.938. The summed E-state index contributed by atoms with van der Waals surface area (Å²) < 4.78 is 7.52. The van der Waals surface area contributed by atoms with Crippen molar-refractivity contribution in [2.24, 2.45) is 11.8 Å². The summed E-state index contributed by atoms with van der Waals surface area (Å²) in [6.07, 6.45) is 0. The molecule has 1 aliphatic heterocycles. The normalized spacial score (nSPS) is 20.0. The van der Waals surface area contributed by atoms with Crippen molar-refractivity contribution >= 4 is 14.2 Å². The minimum atomic E-state index is -1.51. The van der Waals surface area contributed by atoms with Gasteiger partial charge in [0.1, 0.15) is 8.24 Å². The molecule has 0 radical (unpaired) electrons. The van der Waals surface area contributed by atoms with E-state index in [1.807, 2.05) is 6.92 Å². The Bertz CT molecular complexity index is 369. The van der Waals surface area contributed by atoms with E-state index in [9.17, 15) is 4.79 Å². The third-order valence-electron chi connectivity index (χ3n) is 6.00. The lowest BCUT2D eigenvalue weighted by Crippen LogP contribution is -2.57. The molecule has 0 aromatic carbocycles. The molecular formula is C16H34N2O2Si. The van der Waals surface area contributed by atoms with Crippen LogP contribution in [-0.2, 0) is 9.53 Å². The summed E-state index contributed by atoms with van der Waals surface area (Å²) in [5.74, 6) is 0.535. The number of esters is 1.